The first-order valence-corrected chi connectivity index (χ1v) is 8.82. The zero-order valence-electron chi connectivity index (χ0n) is 15.4. The van der Waals surface area contributed by atoms with Gasteiger partial charge in [0.05, 0.1) is 28.2 Å². The first kappa shape index (κ1) is 18.8. The van der Waals surface area contributed by atoms with Gasteiger partial charge in [-0.1, -0.05) is 18.2 Å². The summed E-state index contributed by atoms with van der Waals surface area (Å²) in [5.41, 5.74) is 0.765. The smallest absolute Gasteiger partial charge is 0.273 e. The second kappa shape index (κ2) is 7.12. The molecule has 0 fully saturated rings. The number of halogens is 3. The van der Waals surface area contributed by atoms with E-state index in [0.29, 0.717) is 11.4 Å². The Kier molecular flexibility index (Phi) is 4.62. The highest BCUT2D eigenvalue weighted by atomic mass is 19.4. The van der Waals surface area contributed by atoms with E-state index in [4.69, 9.17) is 0 Å². The summed E-state index contributed by atoms with van der Waals surface area (Å²) in [6.45, 7) is 1.94. The number of aromatic amines is 1. The molecule has 0 aliphatic rings. The Hall–Kier alpha value is -3.55. The zero-order valence-corrected chi connectivity index (χ0v) is 15.4. The van der Waals surface area contributed by atoms with E-state index in [2.05, 4.69) is 20.1 Å². The Morgan fingerprint density at radius 1 is 0.759 bits per heavy atom. The van der Waals surface area contributed by atoms with Crippen LogP contribution in [0.2, 0.25) is 0 Å². The molecule has 0 saturated heterocycles. The van der Waals surface area contributed by atoms with Crippen molar-refractivity contribution in [2.24, 2.45) is 0 Å². The third kappa shape index (κ3) is 3.49. The van der Waals surface area contributed by atoms with Gasteiger partial charge in [0, 0.05) is 12.4 Å². The lowest BCUT2D eigenvalue weighted by atomic mass is 9.78. The monoisotopic (exact) mass is 395 g/mol. The Labute approximate surface area is 164 Å². The molecule has 1 N–H and O–H groups in total. The van der Waals surface area contributed by atoms with Gasteiger partial charge in [0.1, 0.15) is 11.4 Å². The molecule has 0 aliphatic heterocycles. The first-order valence-electron chi connectivity index (χ1n) is 8.82. The van der Waals surface area contributed by atoms with E-state index in [0.717, 1.165) is 17.5 Å². The van der Waals surface area contributed by atoms with Crippen molar-refractivity contribution in [2.75, 3.05) is 0 Å². The van der Waals surface area contributed by atoms with Crippen molar-refractivity contribution in [1.29, 1.82) is 0 Å². The normalized spacial score (nSPS) is 12.1. The fourth-order valence-corrected chi connectivity index (χ4v) is 3.16. The Bertz CT molecular complexity index is 1070. The molecule has 4 aromatic rings. The molecule has 5 nitrogen and oxygen atoms in total. The largest absolute Gasteiger partial charge is 0.432 e. The van der Waals surface area contributed by atoms with E-state index in [1.807, 2.05) is 54.5 Å². The summed E-state index contributed by atoms with van der Waals surface area (Å²) in [5.74, 6) is 0. The highest BCUT2D eigenvalue weighted by Gasteiger charge is 2.36. The summed E-state index contributed by atoms with van der Waals surface area (Å²) < 4.78 is 38.8. The number of alkyl halides is 3. The number of rotatable bonds is 4. The summed E-state index contributed by atoms with van der Waals surface area (Å²) in [4.78, 5) is 13.6. The number of pyridine rings is 3. The molecule has 4 aromatic heterocycles. The lowest BCUT2D eigenvalue weighted by Crippen LogP contribution is -2.29. The van der Waals surface area contributed by atoms with Crippen LogP contribution in [0, 0.1) is 0 Å². The van der Waals surface area contributed by atoms with Gasteiger partial charge in [-0.05, 0) is 49.4 Å². The standard InChI is InChI=1S/C21H16F3N5/c1-20(16-8-2-4-11-25-16,17-9-3-5-12-26-17)18-10-6-7-14(27-18)15-13-19(29-28-15)21(22,23)24/h2-13H,1H3,(H,28,29). The third-order valence-electron chi connectivity index (χ3n) is 4.76. The molecule has 0 radical (unpaired) electrons. The molecule has 29 heavy (non-hydrogen) atoms. The van der Waals surface area contributed by atoms with Gasteiger partial charge in [0.2, 0.25) is 0 Å². The van der Waals surface area contributed by atoms with Gasteiger partial charge in [-0.3, -0.25) is 15.1 Å². The van der Waals surface area contributed by atoms with Gasteiger partial charge in [-0.25, -0.2) is 4.98 Å². The average Bonchev–Trinajstić information content (AvgIpc) is 3.26. The minimum atomic E-state index is -4.50. The van der Waals surface area contributed by atoms with Gasteiger partial charge in [-0.15, -0.1) is 0 Å². The van der Waals surface area contributed by atoms with Crippen molar-refractivity contribution >= 4 is 0 Å². The second-order valence-corrected chi connectivity index (χ2v) is 6.63. The number of nitrogens with zero attached hydrogens (tertiary/aromatic N) is 4. The predicted molar refractivity (Wildman–Crippen MR) is 101 cm³/mol. The first-order chi connectivity index (χ1) is 13.9. The van der Waals surface area contributed by atoms with E-state index in [1.165, 1.54) is 0 Å². The van der Waals surface area contributed by atoms with Crippen LogP contribution in [-0.2, 0) is 11.6 Å². The fourth-order valence-electron chi connectivity index (χ4n) is 3.16. The number of hydrogen-bond donors (Lipinski definition) is 1. The maximum Gasteiger partial charge on any atom is 0.432 e. The van der Waals surface area contributed by atoms with Crippen molar-refractivity contribution in [1.82, 2.24) is 25.1 Å². The molecule has 0 saturated carbocycles. The maximum atomic E-state index is 12.9. The van der Waals surface area contributed by atoms with Gasteiger partial charge >= 0.3 is 6.18 Å². The van der Waals surface area contributed by atoms with Crippen molar-refractivity contribution in [3.8, 4) is 11.4 Å². The van der Waals surface area contributed by atoms with E-state index in [1.54, 1.807) is 24.5 Å². The van der Waals surface area contributed by atoms with Crippen molar-refractivity contribution < 1.29 is 13.2 Å². The summed E-state index contributed by atoms with van der Waals surface area (Å²) in [6, 6.07) is 17.2. The lowest BCUT2D eigenvalue weighted by molar-refractivity contribution is -0.141. The molecule has 0 aliphatic carbocycles. The van der Waals surface area contributed by atoms with Crippen LogP contribution in [0.25, 0.3) is 11.4 Å². The van der Waals surface area contributed by atoms with Gasteiger partial charge < -0.3 is 0 Å². The fraction of sp³-hybridized carbons (Fsp3) is 0.143. The number of nitrogens with one attached hydrogen (secondary N) is 1. The zero-order chi connectivity index (χ0) is 20.5. The molecule has 4 heterocycles. The van der Waals surface area contributed by atoms with Crippen molar-refractivity contribution in [3.05, 3.63) is 95.8 Å². The summed E-state index contributed by atoms with van der Waals surface area (Å²) in [6.07, 6.45) is -1.13. The van der Waals surface area contributed by atoms with Crippen LogP contribution in [-0.4, -0.2) is 25.1 Å². The molecule has 4 rings (SSSR count). The molecule has 0 spiro atoms. The molecule has 146 valence electrons. The number of hydrogen-bond acceptors (Lipinski definition) is 4. The average molecular weight is 395 g/mol. The topological polar surface area (TPSA) is 67.3 Å². The van der Waals surface area contributed by atoms with E-state index in [-0.39, 0.29) is 5.69 Å². The molecular weight excluding hydrogens is 379 g/mol. The molecular formula is C21H16F3N5. The van der Waals surface area contributed by atoms with Crippen molar-refractivity contribution in [3.63, 3.8) is 0 Å². The molecule has 0 unspecified atom stereocenters. The van der Waals surface area contributed by atoms with Crippen molar-refractivity contribution in [2.45, 2.75) is 18.5 Å². The predicted octanol–water partition coefficient (Wildman–Crippen LogP) is 4.63. The second-order valence-electron chi connectivity index (χ2n) is 6.63. The lowest BCUT2D eigenvalue weighted by Gasteiger charge is -2.28. The summed E-state index contributed by atoms with van der Waals surface area (Å²) in [5, 5.41) is 5.81. The SMILES string of the molecule is CC(c1ccccn1)(c1ccccn1)c1cccc(-c2cc(C(F)(F)F)[nH]n2)n1. The highest BCUT2D eigenvalue weighted by molar-refractivity contribution is 5.56. The van der Waals surface area contributed by atoms with Gasteiger partial charge in [0.15, 0.2) is 0 Å². The Balaban J connectivity index is 1.85. The Morgan fingerprint density at radius 3 is 1.90 bits per heavy atom. The minimum absolute atomic E-state index is 0.114. The van der Waals surface area contributed by atoms with Crippen LogP contribution >= 0.6 is 0 Å². The van der Waals surface area contributed by atoms with Crippen LogP contribution in [0.3, 0.4) is 0 Å². The molecule has 8 heteroatoms. The number of aromatic nitrogens is 5. The van der Waals surface area contributed by atoms with E-state index in [9.17, 15) is 13.2 Å². The molecule has 0 bridgehead atoms. The van der Waals surface area contributed by atoms with Gasteiger partial charge in [-0.2, -0.15) is 18.3 Å². The van der Waals surface area contributed by atoms with E-state index >= 15 is 0 Å². The van der Waals surface area contributed by atoms with Crippen LogP contribution < -0.4 is 0 Å². The van der Waals surface area contributed by atoms with Crippen LogP contribution in [0.5, 0.6) is 0 Å². The molecule has 0 amide bonds. The maximum absolute atomic E-state index is 12.9. The quantitative estimate of drug-likeness (QED) is 0.547. The van der Waals surface area contributed by atoms with Crippen LogP contribution in [0.1, 0.15) is 29.7 Å². The van der Waals surface area contributed by atoms with E-state index < -0.39 is 17.3 Å². The van der Waals surface area contributed by atoms with Crippen LogP contribution in [0.4, 0.5) is 13.2 Å². The van der Waals surface area contributed by atoms with Gasteiger partial charge in [0.25, 0.3) is 0 Å². The summed E-state index contributed by atoms with van der Waals surface area (Å²) in [7, 11) is 0. The minimum Gasteiger partial charge on any atom is -0.273 e. The van der Waals surface area contributed by atoms with Crippen LogP contribution in [0.15, 0.2) is 73.1 Å². The molecule has 0 atom stereocenters. The summed E-state index contributed by atoms with van der Waals surface area (Å²) >= 11 is 0. The molecule has 0 aromatic carbocycles. The highest BCUT2D eigenvalue weighted by Crippen LogP contribution is 2.36. The third-order valence-corrected chi connectivity index (χ3v) is 4.76. The Morgan fingerprint density at radius 2 is 1.38 bits per heavy atom. The number of H-pyrrole nitrogens is 1.